The van der Waals surface area contributed by atoms with Gasteiger partial charge in [-0.25, -0.2) is 9.78 Å². The van der Waals surface area contributed by atoms with Gasteiger partial charge in [0.1, 0.15) is 0 Å². The molecule has 1 atom stereocenters. The molecule has 0 aliphatic carbocycles. The monoisotopic (exact) mass is 352 g/mol. The predicted molar refractivity (Wildman–Crippen MR) is 88.5 cm³/mol. The highest BCUT2D eigenvalue weighted by atomic mass is 32.2. The number of nitrogens with zero attached hydrogens (tertiary/aromatic N) is 1. The minimum Gasteiger partial charge on any atom is -0.476 e. The van der Waals surface area contributed by atoms with Crippen LogP contribution in [0.15, 0.2) is 34.5 Å². The van der Waals surface area contributed by atoms with Crippen molar-refractivity contribution in [1.82, 2.24) is 10.3 Å². The average molecular weight is 352 g/mol. The van der Waals surface area contributed by atoms with Crippen LogP contribution in [-0.4, -0.2) is 38.5 Å². The summed E-state index contributed by atoms with van der Waals surface area (Å²) in [4.78, 5) is 27.5. The van der Waals surface area contributed by atoms with Gasteiger partial charge in [-0.05, 0) is 12.1 Å². The average Bonchev–Trinajstić information content (AvgIpc) is 3.03. The van der Waals surface area contributed by atoms with E-state index in [4.69, 9.17) is 5.11 Å². The van der Waals surface area contributed by atoms with Crippen molar-refractivity contribution in [2.75, 3.05) is 12.3 Å². The van der Waals surface area contributed by atoms with E-state index in [1.807, 2.05) is 0 Å². The minimum absolute atomic E-state index is 0.0139. The number of hydrogen-bond donors (Lipinski definition) is 2. The molecule has 1 unspecified atom stereocenters. The van der Waals surface area contributed by atoms with Gasteiger partial charge in [0.05, 0.1) is 26.3 Å². The summed E-state index contributed by atoms with van der Waals surface area (Å²) in [6, 6.07) is 6.81. The summed E-state index contributed by atoms with van der Waals surface area (Å²) in [5, 5.41) is 13.7. The first kappa shape index (κ1) is 17.3. The van der Waals surface area contributed by atoms with Crippen molar-refractivity contribution in [3.8, 4) is 0 Å². The van der Waals surface area contributed by atoms with Crippen molar-refractivity contribution < 1.29 is 18.9 Å². The van der Waals surface area contributed by atoms with Gasteiger partial charge in [0.25, 0.3) is 5.91 Å². The third-order valence-electron chi connectivity index (χ3n) is 3.03. The highest BCUT2D eigenvalue weighted by Crippen LogP contribution is 2.14. The number of amides is 1. The number of aromatic nitrogens is 1. The Morgan fingerprint density at radius 1 is 1.35 bits per heavy atom. The molecule has 0 radical (unpaired) electrons. The molecule has 0 saturated carbocycles. The number of carboxylic acids is 1. The molecule has 8 heteroatoms. The maximum atomic E-state index is 12.2. The van der Waals surface area contributed by atoms with E-state index in [1.165, 1.54) is 16.7 Å². The zero-order valence-electron chi connectivity index (χ0n) is 12.4. The first-order chi connectivity index (χ1) is 11.0. The lowest BCUT2D eigenvalue weighted by Crippen LogP contribution is -2.26. The Morgan fingerprint density at radius 2 is 2.09 bits per heavy atom. The molecule has 122 valence electrons. The molecule has 0 aliphatic heterocycles. The third-order valence-corrected chi connectivity index (χ3v) is 5.31. The lowest BCUT2D eigenvalue weighted by Gasteiger charge is -2.08. The van der Waals surface area contributed by atoms with Gasteiger partial charge in [0.15, 0.2) is 5.69 Å². The van der Waals surface area contributed by atoms with Gasteiger partial charge in [0.2, 0.25) is 0 Å². The molecule has 6 nitrogen and oxygen atoms in total. The molecule has 0 saturated heterocycles. The largest absolute Gasteiger partial charge is 0.476 e. The summed E-state index contributed by atoms with van der Waals surface area (Å²) in [5.74, 6) is -0.911. The van der Waals surface area contributed by atoms with Gasteiger partial charge in [-0.15, -0.1) is 11.3 Å². The minimum atomic E-state index is -1.20. The SMILES string of the molecule is CCS(=O)c1ccccc1C(=O)NCCc1nc(C(=O)O)cs1. The number of carboxylic acid groups (broad SMARTS) is 1. The number of thiazole rings is 1. The maximum Gasteiger partial charge on any atom is 0.355 e. The Labute approximate surface area is 140 Å². The topological polar surface area (TPSA) is 96.4 Å². The van der Waals surface area contributed by atoms with E-state index in [1.54, 1.807) is 31.2 Å². The molecular weight excluding hydrogens is 336 g/mol. The summed E-state index contributed by atoms with van der Waals surface area (Å²) < 4.78 is 12.0. The van der Waals surface area contributed by atoms with Crippen molar-refractivity contribution in [1.29, 1.82) is 0 Å². The summed E-state index contributed by atoms with van der Waals surface area (Å²) in [7, 11) is -1.20. The summed E-state index contributed by atoms with van der Waals surface area (Å²) >= 11 is 1.25. The number of hydrogen-bond acceptors (Lipinski definition) is 5. The Kier molecular flexibility index (Phi) is 6.00. The molecule has 0 spiro atoms. The van der Waals surface area contributed by atoms with Crippen LogP contribution in [0.2, 0.25) is 0 Å². The normalized spacial score (nSPS) is 11.9. The number of aromatic carboxylic acids is 1. The van der Waals surface area contributed by atoms with Crippen LogP contribution in [0.3, 0.4) is 0 Å². The molecule has 2 aromatic rings. The summed E-state index contributed by atoms with van der Waals surface area (Å²) in [6.45, 7) is 2.13. The zero-order valence-corrected chi connectivity index (χ0v) is 14.1. The second kappa shape index (κ2) is 7.98. The van der Waals surface area contributed by atoms with Gasteiger partial charge < -0.3 is 10.4 Å². The van der Waals surface area contributed by atoms with Crippen LogP contribution in [0, 0.1) is 0 Å². The van der Waals surface area contributed by atoms with Crippen molar-refractivity contribution in [2.24, 2.45) is 0 Å². The second-order valence-corrected chi connectivity index (χ2v) is 7.22. The van der Waals surface area contributed by atoms with Crippen LogP contribution in [-0.2, 0) is 17.2 Å². The smallest absolute Gasteiger partial charge is 0.355 e. The van der Waals surface area contributed by atoms with Crippen molar-refractivity contribution in [3.63, 3.8) is 0 Å². The van der Waals surface area contributed by atoms with Crippen molar-refractivity contribution in [3.05, 3.63) is 45.9 Å². The second-order valence-electron chi connectivity index (χ2n) is 4.57. The highest BCUT2D eigenvalue weighted by molar-refractivity contribution is 7.85. The van der Waals surface area contributed by atoms with Gasteiger partial charge in [-0.2, -0.15) is 0 Å². The van der Waals surface area contributed by atoms with Crippen LogP contribution >= 0.6 is 11.3 Å². The van der Waals surface area contributed by atoms with E-state index >= 15 is 0 Å². The predicted octanol–water partition coefficient (Wildman–Crippen LogP) is 1.94. The van der Waals surface area contributed by atoms with Gasteiger partial charge in [-0.3, -0.25) is 9.00 Å². The molecule has 1 aromatic carbocycles. The van der Waals surface area contributed by atoms with E-state index in [2.05, 4.69) is 10.3 Å². The van der Waals surface area contributed by atoms with Crippen LogP contribution < -0.4 is 5.32 Å². The van der Waals surface area contributed by atoms with Crippen LogP contribution in [0.25, 0.3) is 0 Å². The molecule has 23 heavy (non-hydrogen) atoms. The molecule has 2 N–H and O–H groups in total. The Balaban J connectivity index is 1.97. The van der Waals surface area contributed by atoms with Gasteiger partial charge >= 0.3 is 5.97 Å². The molecule has 2 rings (SSSR count). The number of nitrogens with one attached hydrogen (secondary N) is 1. The summed E-state index contributed by atoms with van der Waals surface area (Å²) in [6.07, 6.45) is 0.447. The number of benzene rings is 1. The maximum absolute atomic E-state index is 12.2. The number of carbonyl (C=O) groups is 2. The molecule has 0 fully saturated rings. The molecule has 1 amide bonds. The van der Waals surface area contributed by atoms with E-state index < -0.39 is 16.8 Å². The van der Waals surface area contributed by atoms with Crippen molar-refractivity contribution in [2.45, 2.75) is 18.2 Å². The Bertz CT molecular complexity index is 743. The lowest BCUT2D eigenvalue weighted by atomic mass is 10.2. The first-order valence-electron chi connectivity index (χ1n) is 6.96. The first-order valence-corrected chi connectivity index (χ1v) is 9.16. The van der Waals surface area contributed by atoms with Crippen LogP contribution in [0.5, 0.6) is 0 Å². The molecule has 1 heterocycles. The van der Waals surface area contributed by atoms with E-state index in [-0.39, 0.29) is 11.6 Å². The van der Waals surface area contributed by atoms with Crippen LogP contribution in [0.4, 0.5) is 0 Å². The fraction of sp³-hybridized carbons (Fsp3) is 0.267. The molecular formula is C15H16N2O4S2. The van der Waals surface area contributed by atoms with Gasteiger partial charge in [-0.1, -0.05) is 19.1 Å². The third kappa shape index (κ3) is 4.46. The molecule has 0 bridgehead atoms. The van der Waals surface area contributed by atoms with Gasteiger partial charge in [0, 0.05) is 24.1 Å². The quantitative estimate of drug-likeness (QED) is 0.794. The fourth-order valence-corrected chi connectivity index (χ4v) is 3.63. The molecule has 1 aromatic heterocycles. The summed E-state index contributed by atoms with van der Waals surface area (Å²) in [5.41, 5.74) is 0.415. The van der Waals surface area contributed by atoms with E-state index in [0.29, 0.717) is 34.2 Å². The van der Waals surface area contributed by atoms with E-state index in [9.17, 15) is 13.8 Å². The standard InChI is InChI=1S/C15H16N2O4S2/c1-2-23(21)12-6-4-3-5-10(12)14(18)16-8-7-13-17-11(9-22-13)15(19)20/h3-6,9H,2,7-8H2,1H3,(H,16,18)(H,19,20). The highest BCUT2D eigenvalue weighted by Gasteiger charge is 2.14. The fourth-order valence-electron chi connectivity index (χ4n) is 1.91. The lowest BCUT2D eigenvalue weighted by molar-refractivity contribution is 0.0690. The zero-order chi connectivity index (χ0) is 16.8. The Hall–Kier alpha value is -2.06. The number of rotatable bonds is 7. The van der Waals surface area contributed by atoms with Crippen molar-refractivity contribution >= 4 is 34.0 Å². The van der Waals surface area contributed by atoms with Crippen LogP contribution in [0.1, 0.15) is 32.8 Å². The van der Waals surface area contributed by atoms with E-state index in [0.717, 1.165) is 0 Å². The Morgan fingerprint density at radius 3 is 2.74 bits per heavy atom. The number of carbonyl (C=O) groups excluding carboxylic acids is 1. The molecule has 0 aliphatic rings.